The fraction of sp³-hybridized carbons (Fsp3) is 0.533. The van der Waals surface area contributed by atoms with Gasteiger partial charge in [0, 0.05) is 6.54 Å². The standard InChI is InChI=1S/C15H16F2N2/c16-13-5-9(7-18)6-14(17)15(13)19-8-12(10-1-2-10)11-3-4-11/h5-6,10-12,19H,1-4,8H2. The van der Waals surface area contributed by atoms with Gasteiger partial charge in [-0.15, -0.1) is 0 Å². The zero-order valence-electron chi connectivity index (χ0n) is 10.6. The lowest BCUT2D eigenvalue weighted by Crippen LogP contribution is -2.19. The Morgan fingerprint density at radius 3 is 2.11 bits per heavy atom. The highest BCUT2D eigenvalue weighted by Gasteiger charge is 2.41. The normalized spacial score (nSPS) is 18.4. The van der Waals surface area contributed by atoms with E-state index < -0.39 is 11.6 Å². The number of hydrogen-bond donors (Lipinski definition) is 1. The molecule has 2 saturated carbocycles. The summed E-state index contributed by atoms with van der Waals surface area (Å²) in [5.41, 5.74) is -0.0771. The van der Waals surface area contributed by atoms with Crippen molar-refractivity contribution in [3.63, 3.8) is 0 Å². The average molecular weight is 262 g/mol. The van der Waals surface area contributed by atoms with Gasteiger partial charge in [-0.3, -0.25) is 0 Å². The van der Waals surface area contributed by atoms with Crippen LogP contribution in [0, 0.1) is 40.7 Å². The molecule has 0 heterocycles. The van der Waals surface area contributed by atoms with E-state index in [1.165, 1.54) is 25.7 Å². The van der Waals surface area contributed by atoms with E-state index in [0.29, 0.717) is 12.5 Å². The Balaban J connectivity index is 1.70. The first-order valence-electron chi connectivity index (χ1n) is 6.82. The maximum absolute atomic E-state index is 13.7. The van der Waals surface area contributed by atoms with Crippen molar-refractivity contribution in [3.05, 3.63) is 29.3 Å². The van der Waals surface area contributed by atoms with Gasteiger partial charge in [0.15, 0.2) is 11.6 Å². The van der Waals surface area contributed by atoms with E-state index in [1.807, 2.05) is 0 Å². The zero-order chi connectivity index (χ0) is 13.4. The molecule has 0 amide bonds. The fourth-order valence-electron chi connectivity index (χ4n) is 2.79. The molecule has 0 atom stereocenters. The summed E-state index contributed by atoms with van der Waals surface area (Å²) in [6.07, 6.45) is 5.00. The molecule has 2 aliphatic carbocycles. The lowest BCUT2D eigenvalue weighted by Gasteiger charge is -2.17. The molecule has 0 spiro atoms. The molecule has 0 aliphatic heterocycles. The first kappa shape index (κ1) is 12.4. The largest absolute Gasteiger partial charge is 0.380 e. The van der Waals surface area contributed by atoms with Gasteiger partial charge in [-0.1, -0.05) is 0 Å². The third kappa shape index (κ3) is 2.70. The van der Waals surface area contributed by atoms with Gasteiger partial charge in [0.05, 0.1) is 11.6 Å². The molecule has 0 radical (unpaired) electrons. The second kappa shape index (κ2) is 4.80. The summed E-state index contributed by atoms with van der Waals surface area (Å²) < 4.78 is 27.5. The molecule has 0 bridgehead atoms. The Morgan fingerprint density at radius 2 is 1.68 bits per heavy atom. The van der Waals surface area contributed by atoms with Crippen molar-refractivity contribution in [2.45, 2.75) is 25.7 Å². The third-order valence-corrected chi connectivity index (χ3v) is 4.14. The van der Waals surface area contributed by atoms with Crippen molar-refractivity contribution < 1.29 is 8.78 Å². The van der Waals surface area contributed by atoms with Crippen LogP contribution in [0.4, 0.5) is 14.5 Å². The van der Waals surface area contributed by atoms with Crippen LogP contribution in [0.15, 0.2) is 12.1 Å². The molecule has 2 nitrogen and oxygen atoms in total. The number of benzene rings is 1. The third-order valence-electron chi connectivity index (χ3n) is 4.14. The molecule has 2 aliphatic rings. The van der Waals surface area contributed by atoms with Gasteiger partial charge in [0.1, 0.15) is 5.69 Å². The zero-order valence-corrected chi connectivity index (χ0v) is 10.6. The summed E-state index contributed by atoms with van der Waals surface area (Å²) in [7, 11) is 0. The molecule has 0 saturated heterocycles. The van der Waals surface area contributed by atoms with E-state index in [4.69, 9.17) is 5.26 Å². The summed E-state index contributed by atoms with van der Waals surface area (Å²) in [5, 5.41) is 11.6. The summed E-state index contributed by atoms with van der Waals surface area (Å²) in [4.78, 5) is 0. The van der Waals surface area contributed by atoms with Gasteiger partial charge in [-0.2, -0.15) is 5.26 Å². The van der Waals surface area contributed by atoms with Crippen molar-refractivity contribution in [1.82, 2.24) is 0 Å². The van der Waals surface area contributed by atoms with Gasteiger partial charge < -0.3 is 5.32 Å². The quantitative estimate of drug-likeness (QED) is 0.878. The number of anilines is 1. The van der Waals surface area contributed by atoms with E-state index in [0.717, 1.165) is 24.0 Å². The molecular formula is C15H16F2N2. The van der Waals surface area contributed by atoms with Crippen LogP contribution in [0.5, 0.6) is 0 Å². The number of halogens is 2. The molecule has 1 aromatic rings. The summed E-state index contributed by atoms with van der Waals surface area (Å²) in [6.45, 7) is 0.634. The van der Waals surface area contributed by atoms with Crippen LogP contribution in [-0.2, 0) is 0 Å². The van der Waals surface area contributed by atoms with Gasteiger partial charge in [0.2, 0.25) is 0 Å². The number of nitrogens with one attached hydrogen (secondary N) is 1. The van der Waals surface area contributed by atoms with E-state index >= 15 is 0 Å². The van der Waals surface area contributed by atoms with Gasteiger partial charge in [0.25, 0.3) is 0 Å². The lowest BCUT2D eigenvalue weighted by atomic mass is 9.98. The smallest absolute Gasteiger partial charge is 0.150 e. The maximum atomic E-state index is 13.7. The van der Waals surface area contributed by atoms with Crippen LogP contribution in [0.3, 0.4) is 0 Å². The number of hydrogen-bond acceptors (Lipinski definition) is 2. The highest BCUT2D eigenvalue weighted by atomic mass is 19.1. The Morgan fingerprint density at radius 1 is 1.16 bits per heavy atom. The molecule has 1 N–H and O–H groups in total. The van der Waals surface area contributed by atoms with Gasteiger partial charge >= 0.3 is 0 Å². The molecular weight excluding hydrogens is 246 g/mol. The van der Waals surface area contributed by atoms with E-state index in [9.17, 15) is 8.78 Å². The number of rotatable bonds is 5. The first-order valence-corrected chi connectivity index (χ1v) is 6.82. The molecule has 2 fully saturated rings. The second-order valence-corrected chi connectivity index (χ2v) is 5.65. The van der Waals surface area contributed by atoms with Crippen molar-refractivity contribution >= 4 is 5.69 Å². The highest BCUT2D eigenvalue weighted by Crippen LogP contribution is 2.49. The van der Waals surface area contributed by atoms with E-state index in [-0.39, 0.29) is 11.3 Å². The summed E-state index contributed by atoms with van der Waals surface area (Å²) >= 11 is 0. The molecule has 0 unspecified atom stereocenters. The predicted molar refractivity (Wildman–Crippen MR) is 68.5 cm³/mol. The Kier molecular flexibility index (Phi) is 3.14. The van der Waals surface area contributed by atoms with E-state index in [1.54, 1.807) is 6.07 Å². The van der Waals surface area contributed by atoms with Crippen LogP contribution in [-0.4, -0.2) is 6.54 Å². The van der Waals surface area contributed by atoms with Crippen molar-refractivity contribution in [1.29, 1.82) is 5.26 Å². The van der Waals surface area contributed by atoms with Crippen LogP contribution >= 0.6 is 0 Å². The number of nitriles is 1. The average Bonchev–Trinajstić information content (AvgIpc) is 3.26. The molecule has 4 heteroatoms. The maximum Gasteiger partial charge on any atom is 0.150 e. The van der Waals surface area contributed by atoms with E-state index in [2.05, 4.69) is 5.32 Å². The van der Waals surface area contributed by atoms with Crippen molar-refractivity contribution in [3.8, 4) is 6.07 Å². The molecule has 0 aromatic heterocycles. The van der Waals surface area contributed by atoms with Crippen LogP contribution in [0.2, 0.25) is 0 Å². The summed E-state index contributed by atoms with van der Waals surface area (Å²) in [5.74, 6) is 0.673. The van der Waals surface area contributed by atoms with Crippen molar-refractivity contribution in [2.24, 2.45) is 17.8 Å². The molecule has 19 heavy (non-hydrogen) atoms. The second-order valence-electron chi connectivity index (χ2n) is 5.65. The number of nitrogens with zero attached hydrogens (tertiary/aromatic N) is 1. The topological polar surface area (TPSA) is 35.8 Å². The minimum Gasteiger partial charge on any atom is -0.380 e. The first-order chi connectivity index (χ1) is 9.19. The SMILES string of the molecule is N#Cc1cc(F)c(NCC(C2CC2)C2CC2)c(F)c1. The van der Waals surface area contributed by atoms with Crippen LogP contribution < -0.4 is 5.32 Å². The van der Waals surface area contributed by atoms with Crippen molar-refractivity contribution in [2.75, 3.05) is 11.9 Å². The van der Waals surface area contributed by atoms with Gasteiger partial charge in [-0.25, -0.2) is 8.78 Å². The van der Waals surface area contributed by atoms with Gasteiger partial charge in [-0.05, 0) is 55.6 Å². The lowest BCUT2D eigenvalue weighted by molar-refractivity contribution is 0.426. The summed E-state index contributed by atoms with van der Waals surface area (Å²) in [6, 6.07) is 3.91. The van der Waals surface area contributed by atoms with Crippen LogP contribution in [0.1, 0.15) is 31.2 Å². The van der Waals surface area contributed by atoms with Crippen LogP contribution in [0.25, 0.3) is 0 Å². The molecule has 100 valence electrons. The Bertz CT molecular complexity index is 492. The minimum atomic E-state index is -0.679. The molecule has 3 rings (SSSR count). The highest BCUT2D eigenvalue weighted by molar-refractivity contribution is 5.50. The molecule has 1 aromatic carbocycles. The monoisotopic (exact) mass is 262 g/mol. The Labute approximate surface area is 111 Å². The minimum absolute atomic E-state index is 0.0153. The Hall–Kier alpha value is -1.63. The fourth-order valence-corrected chi connectivity index (χ4v) is 2.79. The predicted octanol–water partition coefficient (Wildman–Crippen LogP) is 3.68.